The lowest BCUT2D eigenvalue weighted by Gasteiger charge is -2.33. The van der Waals surface area contributed by atoms with Crippen LogP contribution in [0, 0.1) is 5.92 Å². The topological polar surface area (TPSA) is 48.1 Å². The van der Waals surface area contributed by atoms with Crippen molar-refractivity contribution >= 4 is 21.6 Å². The third-order valence-corrected chi connectivity index (χ3v) is 4.32. The second kappa shape index (κ2) is 4.72. The van der Waals surface area contributed by atoms with E-state index in [-0.39, 0.29) is 0 Å². The summed E-state index contributed by atoms with van der Waals surface area (Å²) in [6, 6.07) is 8.21. The van der Waals surface area contributed by atoms with Crippen molar-refractivity contribution in [2.45, 2.75) is 25.6 Å². The van der Waals surface area contributed by atoms with Crippen LogP contribution in [0.4, 0.5) is 0 Å². The maximum atomic E-state index is 5.82. The van der Waals surface area contributed by atoms with Gasteiger partial charge in [-0.05, 0) is 37.4 Å². The zero-order valence-electron chi connectivity index (χ0n) is 9.63. The van der Waals surface area contributed by atoms with Gasteiger partial charge in [0.05, 0.1) is 22.9 Å². The highest BCUT2D eigenvalue weighted by atomic mass is 32.1. The Balaban J connectivity index is 1.58. The maximum Gasteiger partial charge on any atom is 0.120 e. The van der Waals surface area contributed by atoms with E-state index < -0.39 is 0 Å². The van der Waals surface area contributed by atoms with Gasteiger partial charge >= 0.3 is 0 Å². The Bertz CT molecular complexity index is 472. The molecule has 0 saturated heterocycles. The Kier molecular flexibility index (Phi) is 3.09. The van der Waals surface area contributed by atoms with Crippen LogP contribution in [0.5, 0.6) is 0 Å². The predicted molar refractivity (Wildman–Crippen MR) is 70.0 cm³/mol. The maximum absolute atomic E-state index is 5.82. The van der Waals surface area contributed by atoms with E-state index in [1.165, 1.54) is 4.70 Å². The van der Waals surface area contributed by atoms with Crippen molar-refractivity contribution in [2.24, 2.45) is 11.7 Å². The van der Waals surface area contributed by atoms with Crippen molar-refractivity contribution in [3.63, 3.8) is 0 Å². The number of fused-ring (bicyclic) bond motifs is 1. The first kappa shape index (κ1) is 11.1. The summed E-state index contributed by atoms with van der Waals surface area (Å²) in [4.78, 5) is 4.55. The van der Waals surface area contributed by atoms with Gasteiger partial charge in [-0.15, -0.1) is 11.3 Å². The molecular formula is C13H16N2OS. The van der Waals surface area contributed by atoms with Gasteiger partial charge in [0.25, 0.3) is 0 Å². The minimum absolute atomic E-state index is 0.399. The lowest BCUT2D eigenvalue weighted by atomic mass is 9.82. The van der Waals surface area contributed by atoms with E-state index >= 15 is 0 Å². The van der Waals surface area contributed by atoms with Crippen LogP contribution in [0.15, 0.2) is 24.3 Å². The van der Waals surface area contributed by atoms with Gasteiger partial charge in [0, 0.05) is 0 Å². The monoisotopic (exact) mass is 248 g/mol. The summed E-state index contributed by atoms with van der Waals surface area (Å²) >= 11 is 1.72. The van der Waals surface area contributed by atoms with E-state index in [1.54, 1.807) is 11.3 Å². The van der Waals surface area contributed by atoms with Crippen LogP contribution in [0.25, 0.3) is 10.2 Å². The third kappa shape index (κ3) is 2.34. The molecule has 17 heavy (non-hydrogen) atoms. The summed E-state index contributed by atoms with van der Waals surface area (Å²) in [6.45, 7) is 1.43. The Hall–Kier alpha value is -0.970. The number of hydrogen-bond acceptors (Lipinski definition) is 4. The molecule has 4 heteroatoms. The van der Waals surface area contributed by atoms with Gasteiger partial charge in [-0.1, -0.05) is 12.1 Å². The Morgan fingerprint density at radius 2 is 2.18 bits per heavy atom. The fourth-order valence-corrected chi connectivity index (χ4v) is 3.06. The molecule has 0 unspecified atom stereocenters. The molecule has 0 atom stereocenters. The summed E-state index contributed by atoms with van der Waals surface area (Å²) in [5.74, 6) is 0.676. The second-order valence-corrected chi connectivity index (χ2v) is 5.70. The van der Waals surface area contributed by atoms with Gasteiger partial charge in [-0.25, -0.2) is 4.98 Å². The van der Waals surface area contributed by atoms with Crippen molar-refractivity contribution in [1.82, 2.24) is 4.98 Å². The molecule has 2 aromatic rings. The summed E-state index contributed by atoms with van der Waals surface area (Å²) in [6.07, 6.45) is 2.62. The molecule has 90 valence electrons. The van der Waals surface area contributed by atoms with Crippen LogP contribution >= 0.6 is 11.3 Å². The Morgan fingerprint density at radius 1 is 1.35 bits per heavy atom. The summed E-state index contributed by atoms with van der Waals surface area (Å²) in [5, 5.41) is 1.07. The number of hydrogen-bond donors (Lipinski definition) is 1. The lowest BCUT2D eigenvalue weighted by Crippen LogP contribution is -2.35. The number of ether oxygens (including phenoxy) is 1. The van der Waals surface area contributed by atoms with Crippen LogP contribution in [0.1, 0.15) is 17.8 Å². The first-order valence-electron chi connectivity index (χ1n) is 6.01. The van der Waals surface area contributed by atoms with Gasteiger partial charge < -0.3 is 10.5 Å². The fourth-order valence-electron chi connectivity index (χ4n) is 2.17. The average molecular weight is 248 g/mol. The molecule has 3 nitrogen and oxygen atoms in total. The largest absolute Gasteiger partial charge is 0.371 e. The summed E-state index contributed by atoms with van der Waals surface area (Å²) in [7, 11) is 0. The van der Waals surface area contributed by atoms with Crippen LogP contribution < -0.4 is 5.73 Å². The van der Waals surface area contributed by atoms with Gasteiger partial charge in [-0.3, -0.25) is 0 Å². The van der Waals surface area contributed by atoms with Crippen LogP contribution in [-0.4, -0.2) is 17.6 Å². The molecular weight excluding hydrogens is 232 g/mol. The van der Waals surface area contributed by atoms with Gasteiger partial charge in [0.2, 0.25) is 0 Å². The number of nitrogens with zero attached hydrogens (tertiary/aromatic N) is 1. The zero-order valence-corrected chi connectivity index (χ0v) is 10.5. The SMILES string of the molecule is NCC1CC(OCc2nc3ccccc3s2)C1. The van der Waals surface area contributed by atoms with Crippen LogP contribution in [0.3, 0.4) is 0 Å². The summed E-state index contributed by atoms with van der Waals surface area (Å²) in [5.41, 5.74) is 6.66. The molecule has 1 fully saturated rings. The number of para-hydroxylation sites is 1. The van der Waals surface area contributed by atoms with E-state index in [1.807, 2.05) is 18.2 Å². The zero-order chi connectivity index (χ0) is 11.7. The molecule has 0 bridgehead atoms. The molecule has 0 aliphatic heterocycles. The minimum atomic E-state index is 0.399. The van der Waals surface area contributed by atoms with Crippen molar-refractivity contribution in [3.8, 4) is 0 Å². The average Bonchev–Trinajstić information content (AvgIpc) is 2.69. The predicted octanol–water partition coefficient (Wildman–Crippen LogP) is 2.55. The van der Waals surface area contributed by atoms with Crippen molar-refractivity contribution in [3.05, 3.63) is 29.3 Å². The van der Waals surface area contributed by atoms with Gasteiger partial charge in [-0.2, -0.15) is 0 Å². The van der Waals surface area contributed by atoms with E-state index in [0.717, 1.165) is 29.9 Å². The molecule has 1 saturated carbocycles. The molecule has 1 heterocycles. The quantitative estimate of drug-likeness (QED) is 0.904. The molecule has 1 aromatic heterocycles. The lowest BCUT2D eigenvalue weighted by molar-refractivity contribution is -0.0375. The molecule has 2 N–H and O–H groups in total. The molecule has 1 aliphatic carbocycles. The van der Waals surface area contributed by atoms with Crippen LogP contribution in [0.2, 0.25) is 0 Å². The smallest absolute Gasteiger partial charge is 0.120 e. The third-order valence-electron chi connectivity index (χ3n) is 3.31. The molecule has 3 rings (SSSR count). The van der Waals surface area contributed by atoms with Gasteiger partial charge in [0.1, 0.15) is 5.01 Å². The molecule has 0 amide bonds. The fraction of sp³-hybridized carbons (Fsp3) is 0.462. The van der Waals surface area contributed by atoms with Crippen molar-refractivity contribution < 1.29 is 4.74 Å². The standard InChI is InChI=1S/C13H16N2OS/c14-7-9-5-10(6-9)16-8-13-15-11-3-1-2-4-12(11)17-13/h1-4,9-10H,5-8,14H2. The second-order valence-electron chi connectivity index (χ2n) is 4.58. The molecule has 1 aromatic carbocycles. The van der Waals surface area contributed by atoms with Crippen molar-refractivity contribution in [2.75, 3.05) is 6.54 Å². The van der Waals surface area contributed by atoms with E-state index in [2.05, 4.69) is 11.1 Å². The molecule has 0 spiro atoms. The first-order chi connectivity index (χ1) is 8.35. The number of rotatable bonds is 4. The Morgan fingerprint density at radius 3 is 2.94 bits per heavy atom. The minimum Gasteiger partial charge on any atom is -0.371 e. The van der Waals surface area contributed by atoms with Crippen LogP contribution in [-0.2, 0) is 11.3 Å². The highest BCUT2D eigenvalue weighted by Gasteiger charge is 2.28. The van der Waals surface area contributed by atoms with E-state index in [4.69, 9.17) is 10.5 Å². The number of aromatic nitrogens is 1. The highest BCUT2D eigenvalue weighted by molar-refractivity contribution is 7.18. The number of thiazole rings is 1. The first-order valence-corrected chi connectivity index (χ1v) is 6.83. The van der Waals surface area contributed by atoms with Crippen molar-refractivity contribution in [1.29, 1.82) is 0 Å². The number of benzene rings is 1. The van der Waals surface area contributed by atoms with E-state index in [0.29, 0.717) is 18.6 Å². The van der Waals surface area contributed by atoms with E-state index in [9.17, 15) is 0 Å². The number of nitrogens with two attached hydrogens (primary N) is 1. The summed E-state index contributed by atoms with van der Waals surface area (Å²) < 4.78 is 7.05. The molecule has 1 aliphatic rings. The highest BCUT2D eigenvalue weighted by Crippen LogP contribution is 2.30. The Labute approximate surface area is 105 Å². The van der Waals surface area contributed by atoms with Gasteiger partial charge in [0.15, 0.2) is 0 Å². The normalized spacial score (nSPS) is 23.8. The molecule has 0 radical (unpaired) electrons.